The van der Waals surface area contributed by atoms with E-state index in [2.05, 4.69) is 20.7 Å². The van der Waals surface area contributed by atoms with Gasteiger partial charge in [-0.3, -0.25) is 14.3 Å². The van der Waals surface area contributed by atoms with Gasteiger partial charge in [0.1, 0.15) is 5.69 Å². The van der Waals surface area contributed by atoms with Crippen LogP contribution in [0.3, 0.4) is 0 Å². The maximum Gasteiger partial charge on any atom is 0.288 e. The summed E-state index contributed by atoms with van der Waals surface area (Å²) >= 11 is 0. The van der Waals surface area contributed by atoms with Gasteiger partial charge >= 0.3 is 0 Å². The zero-order valence-corrected chi connectivity index (χ0v) is 20.0. The lowest BCUT2D eigenvalue weighted by Crippen LogP contribution is -2.35. The summed E-state index contributed by atoms with van der Waals surface area (Å²) in [4.78, 5) is 29.7. The molecular formula is C26H31N5O4. The summed E-state index contributed by atoms with van der Waals surface area (Å²) in [7, 11) is 0. The summed E-state index contributed by atoms with van der Waals surface area (Å²) in [5.41, 5.74) is 2.48. The van der Waals surface area contributed by atoms with Crippen LogP contribution >= 0.6 is 0 Å². The van der Waals surface area contributed by atoms with Gasteiger partial charge in [-0.25, -0.2) is 4.98 Å². The first kappa shape index (κ1) is 23.3. The number of nitrogens with zero attached hydrogens (tertiary/aromatic N) is 3. The molecule has 3 N–H and O–H groups in total. The van der Waals surface area contributed by atoms with E-state index >= 15 is 0 Å². The van der Waals surface area contributed by atoms with Crippen LogP contribution in [0.4, 0.5) is 0 Å². The summed E-state index contributed by atoms with van der Waals surface area (Å²) in [5, 5.41) is 20.1. The lowest BCUT2D eigenvalue weighted by atomic mass is 10.1. The Labute approximate surface area is 203 Å². The second-order valence-electron chi connectivity index (χ2n) is 9.67. The van der Waals surface area contributed by atoms with E-state index in [1.165, 1.54) is 10.9 Å². The van der Waals surface area contributed by atoms with E-state index in [4.69, 9.17) is 4.42 Å². The quantitative estimate of drug-likeness (QED) is 0.412. The largest absolute Gasteiger partial charge is 0.431 e. The van der Waals surface area contributed by atoms with Crippen molar-refractivity contribution in [1.82, 2.24) is 25.4 Å². The zero-order chi connectivity index (χ0) is 24.5. The molecule has 2 atom stereocenters. The Morgan fingerprint density at radius 2 is 1.71 bits per heavy atom. The standard InChI is InChI=1S/C26H31N5O4/c1-15(17-6-7-17)28-24(33)22-13-21(30-31(22)10-11-32)19-4-3-5-20(12-19)26-27-14-23(35-26)25(34)29-16(2)18-8-9-18/h3-5,12-18,32H,6-11H2,1-2H3,(H,28,33)(H,29,34)/t15-,16-/m0/s1. The van der Waals surface area contributed by atoms with Crippen molar-refractivity contribution < 1.29 is 19.1 Å². The van der Waals surface area contributed by atoms with Crippen molar-refractivity contribution in [2.75, 3.05) is 6.61 Å². The highest BCUT2D eigenvalue weighted by atomic mass is 16.4. The first-order valence-electron chi connectivity index (χ1n) is 12.3. The molecule has 0 unspecified atom stereocenters. The number of hydrogen-bond acceptors (Lipinski definition) is 6. The van der Waals surface area contributed by atoms with Crippen molar-refractivity contribution in [3.05, 3.63) is 48.0 Å². The second-order valence-corrected chi connectivity index (χ2v) is 9.67. The molecule has 0 bridgehead atoms. The van der Waals surface area contributed by atoms with Gasteiger partial charge in [-0.2, -0.15) is 5.10 Å². The average molecular weight is 478 g/mol. The molecule has 2 amide bonds. The van der Waals surface area contributed by atoms with Gasteiger partial charge < -0.3 is 20.2 Å². The first-order valence-corrected chi connectivity index (χ1v) is 12.3. The minimum atomic E-state index is -0.266. The summed E-state index contributed by atoms with van der Waals surface area (Å²) in [5.74, 6) is 1.13. The molecule has 2 fully saturated rings. The molecule has 3 aromatic rings. The topological polar surface area (TPSA) is 122 Å². The van der Waals surface area contributed by atoms with Crippen LogP contribution in [0.15, 0.2) is 40.9 Å². The van der Waals surface area contributed by atoms with Gasteiger partial charge in [-0.05, 0) is 69.6 Å². The Morgan fingerprint density at radius 1 is 1.06 bits per heavy atom. The predicted molar refractivity (Wildman–Crippen MR) is 130 cm³/mol. The number of rotatable bonds is 10. The lowest BCUT2D eigenvalue weighted by Gasteiger charge is -2.13. The van der Waals surface area contributed by atoms with Crippen molar-refractivity contribution in [3.8, 4) is 22.7 Å². The van der Waals surface area contributed by atoms with Crippen molar-refractivity contribution in [3.63, 3.8) is 0 Å². The molecule has 2 aliphatic rings. The van der Waals surface area contributed by atoms with Crippen LogP contribution in [0.5, 0.6) is 0 Å². The van der Waals surface area contributed by atoms with Crippen LogP contribution in [0.2, 0.25) is 0 Å². The number of hydrogen-bond donors (Lipinski definition) is 3. The van der Waals surface area contributed by atoms with E-state index in [1.54, 1.807) is 6.07 Å². The van der Waals surface area contributed by atoms with Gasteiger partial charge in [0.15, 0.2) is 0 Å². The Balaban J connectivity index is 1.35. The number of aromatic nitrogens is 3. The molecule has 9 heteroatoms. The van der Waals surface area contributed by atoms with Gasteiger partial charge in [0.2, 0.25) is 11.7 Å². The summed E-state index contributed by atoms with van der Waals surface area (Å²) < 4.78 is 7.29. The van der Waals surface area contributed by atoms with E-state index < -0.39 is 0 Å². The van der Waals surface area contributed by atoms with Crippen LogP contribution in [-0.2, 0) is 6.54 Å². The van der Waals surface area contributed by atoms with E-state index in [0.717, 1.165) is 31.2 Å². The van der Waals surface area contributed by atoms with Crippen molar-refractivity contribution >= 4 is 11.8 Å². The number of nitrogens with one attached hydrogen (secondary N) is 2. The molecule has 0 radical (unpaired) electrons. The fourth-order valence-corrected chi connectivity index (χ4v) is 4.32. The summed E-state index contributed by atoms with van der Waals surface area (Å²) in [6.07, 6.45) is 6.01. The number of aliphatic hydroxyl groups excluding tert-OH is 1. The van der Waals surface area contributed by atoms with E-state index in [1.807, 2.05) is 38.1 Å². The zero-order valence-electron chi connectivity index (χ0n) is 20.0. The SMILES string of the molecule is C[C@H](NC(=O)c1cnc(-c2cccc(-c3cc(C(=O)N[C@@H](C)C4CC4)n(CCO)n3)c2)o1)C1CC1. The molecule has 0 spiro atoms. The number of carbonyl (C=O) groups is 2. The monoisotopic (exact) mass is 477 g/mol. The highest BCUT2D eigenvalue weighted by Gasteiger charge is 2.31. The first-order chi connectivity index (χ1) is 16.9. The third-order valence-corrected chi connectivity index (χ3v) is 6.83. The molecule has 2 heterocycles. The Hall–Kier alpha value is -3.46. The van der Waals surface area contributed by atoms with E-state index in [0.29, 0.717) is 34.7 Å². The number of benzene rings is 1. The number of amides is 2. The molecule has 2 saturated carbocycles. The van der Waals surface area contributed by atoms with E-state index in [-0.39, 0.29) is 42.8 Å². The molecular weight excluding hydrogens is 446 g/mol. The van der Waals surface area contributed by atoms with Gasteiger partial charge in [0, 0.05) is 23.2 Å². The maximum atomic E-state index is 12.9. The molecule has 184 valence electrons. The molecule has 0 aliphatic heterocycles. The highest BCUT2D eigenvalue weighted by Crippen LogP contribution is 2.33. The van der Waals surface area contributed by atoms with Crippen LogP contribution in [-0.4, -0.2) is 50.4 Å². The number of aliphatic hydroxyl groups is 1. The second kappa shape index (κ2) is 9.65. The molecule has 2 aromatic heterocycles. The molecule has 5 rings (SSSR count). The Bertz CT molecular complexity index is 1220. The molecule has 1 aromatic carbocycles. The summed E-state index contributed by atoms with van der Waals surface area (Å²) in [6.45, 7) is 4.12. The van der Waals surface area contributed by atoms with Gasteiger partial charge in [0.25, 0.3) is 11.8 Å². The Morgan fingerprint density at radius 3 is 2.37 bits per heavy atom. The van der Waals surface area contributed by atoms with Crippen molar-refractivity contribution in [2.24, 2.45) is 11.8 Å². The van der Waals surface area contributed by atoms with Crippen molar-refractivity contribution in [2.45, 2.75) is 58.2 Å². The normalized spacial score (nSPS) is 17.1. The van der Waals surface area contributed by atoms with Crippen LogP contribution in [0.25, 0.3) is 22.7 Å². The molecule has 2 aliphatic carbocycles. The van der Waals surface area contributed by atoms with Crippen LogP contribution < -0.4 is 10.6 Å². The van der Waals surface area contributed by atoms with Gasteiger partial charge in [-0.1, -0.05) is 12.1 Å². The van der Waals surface area contributed by atoms with Gasteiger partial charge in [-0.15, -0.1) is 0 Å². The smallest absolute Gasteiger partial charge is 0.288 e. The Kier molecular flexibility index (Phi) is 6.42. The minimum Gasteiger partial charge on any atom is -0.431 e. The average Bonchev–Trinajstić information content (AvgIpc) is 3.78. The van der Waals surface area contributed by atoms with Crippen LogP contribution in [0, 0.1) is 11.8 Å². The molecule has 0 saturated heterocycles. The fourth-order valence-electron chi connectivity index (χ4n) is 4.32. The molecule has 35 heavy (non-hydrogen) atoms. The van der Waals surface area contributed by atoms with Crippen LogP contribution in [0.1, 0.15) is 60.6 Å². The minimum absolute atomic E-state index is 0.107. The molecule has 9 nitrogen and oxygen atoms in total. The van der Waals surface area contributed by atoms with E-state index in [9.17, 15) is 14.7 Å². The third-order valence-electron chi connectivity index (χ3n) is 6.83. The third kappa shape index (κ3) is 5.30. The fraction of sp³-hybridized carbons (Fsp3) is 0.462. The predicted octanol–water partition coefficient (Wildman–Crippen LogP) is 3.25. The van der Waals surface area contributed by atoms with Gasteiger partial charge in [0.05, 0.1) is 25.0 Å². The highest BCUT2D eigenvalue weighted by molar-refractivity contribution is 5.94. The number of oxazole rings is 1. The summed E-state index contributed by atoms with van der Waals surface area (Å²) in [6, 6.07) is 9.40. The number of carbonyl (C=O) groups excluding carboxylic acids is 2. The van der Waals surface area contributed by atoms with Crippen molar-refractivity contribution in [1.29, 1.82) is 0 Å². The maximum absolute atomic E-state index is 12.9. The lowest BCUT2D eigenvalue weighted by molar-refractivity contribution is 0.0905.